The molecule has 0 bridgehead atoms. The molecule has 60 valence electrons. The van der Waals surface area contributed by atoms with E-state index in [2.05, 4.69) is 42.7 Å². The molecule has 0 atom stereocenters. The zero-order valence-electron chi connectivity index (χ0n) is 6.96. The van der Waals surface area contributed by atoms with Gasteiger partial charge in [-0.2, -0.15) is 0 Å². The Hall–Kier alpha value is -0.770. The highest BCUT2D eigenvalue weighted by molar-refractivity contribution is 7.15. The van der Waals surface area contributed by atoms with Gasteiger partial charge in [0.2, 0.25) is 5.13 Å². The molecule has 11 heavy (non-hydrogen) atoms. The predicted octanol–water partition coefficient (Wildman–Crippen LogP) is 2.17. The molecule has 4 heteroatoms. The Balaban J connectivity index is 2.98. The van der Waals surface area contributed by atoms with E-state index in [9.17, 15) is 0 Å². The van der Waals surface area contributed by atoms with Crippen LogP contribution in [-0.4, -0.2) is 16.9 Å². The number of aromatic nitrogens is 2. The van der Waals surface area contributed by atoms with Gasteiger partial charge in [0, 0.05) is 5.41 Å². The molecule has 0 aliphatic rings. The molecule has 0 fully saturated rings. The summed E-state index contributed by atoms with van der Waals surface area (Å²) in [5, 5.41) is 9.48. The molecule has 1 aromatic heterocycles. The van der Waals surface area contributed by atoms with Gasteiger partial charge in [-0.3, -0.25) is 0 Å². The Labute approximate surface area is 70.2 Å². The minimum atomic E-state index is 0.0700. The first-order chi connectivity index (χ1) is 5.04. The molecule has 0 saturated carbocycles. The summed E-state index contributed by atoms with van der Waals surface area (Å²) in [6.07, 6.45) is 0. The quantitative estimate of drug-likeness (QED) is 0.604. The first kappa shape index (κ1) is 8.33. The van der Waals surface area contributed by atoms with E-state index < -0.39 is 0 Å². The van der Waals surface area contributed by atoms with Gasteiger partial charge in [0.15, 0.2) is 0 Å². The van der Waals surface area contributed by atoms with Gasteiger partial charge in [-0.1, -0.05) is 32.1 Å². The summed E-state index contributed by atoms with van der Waals surface area (Å²) in [4.78, 5) is 3.70. The van der Waals surface area contributed by atoms with Crippen molar-refractivity contribution in [1.29, 1.82) is 0 Å². The Bertz CT molecular complexity index is 259. The number of aliphatic imine (C=N–C) groups is 1. The third-order valence-corrected chi connectivity index (χ3v) is 2.47. The molecule has 0 aromatic carbocycles. The molecule has 0 spiro atoms. The monoisotopic (exact) mass is 169 g/mol. The van der Waals surface area contributed by atoms with Gasteiger partial charge < -0.3 is 0 Å². The highest BCUT2D eigenvalue weighted by Gasteiger charge is 2.18. The lowest BCUT2D eigenvalue weighted by Crippen LogP contribution is -2.10. The molecule has 1 aromatic rings. The topological polar surface area (TPSA) is 38.1 Å². The van der Waals surface area contributed by atoms with Crippen LogP contribution in [0.2, 0.25) is 0 Å². The lowest BCUT2D eigenvalue weighted by molar-refractivity contribution is 0.578. The molecule has 0 aliphatic carbocycles. The second-order valence-electron chi connectivity index (χ2n) is 3.30. The maximum atomic E-state index is 3.99. The summed E-state index contributed by atoms with van der Waals surface area (Å²) in [6.45, 7) is 9.68. The summed E-state index contributed by atoms with van der Waals surface area (Å²) in [7, 11) is 0. The summed E-state index contributed by atoms with van der Waals surface area (Å²) in [5.41, 5.74) is 0.0700. The average molecular weight is 169 g/mol. The molecule has 0 amide bonds. The molecular formula is C7H11N3S. The van der Waals surface area contributed by atoms with E-state index in [4.69, 9.17) is 0 Å². The van der Waals surface area contributed by atoms with Crippen LogP contribution in [0.1, 0.15) is 25.8 Å². The zero-order chi connectivity index (χ0) is 8.48. The maximum Gasteiger partial charge on any atom is 0.231 e. The smallest absolute Gasteiger partial charge is 0.231 e. The average Bonchev–Trinajstić information content (AvgIpc) is 2.32. The fourth-order valence-corrected chi connectivity index (χ4v) is 1.29. The third-order valence-electron chi connectivity index (χ3n) is 1.19. The highest BCUT2D eigenvalue weighted by Crippen LogP contribution is 2.28. The van der Waals surface area contributed by atoms with E-state index in [-0.39, 0.29) is 5.41 Å². The SMILES string of the molecule is C=Nc1nnc(C(C)(C)C)s1. The number of hydrogen-bond donors (Lipinski definition) is 0. The Morgan fingerprint density at radius 3 is 2.27 bits per heavy atom. The van der Waals surface area contributed by atoms with Crippen LogP contribution in [0.25, 0.3) is 0 Å². The molecule has 0 saturated heterocycles. The summed E-state index contributed by atoms with van der Waals surface area (Å²) >= 11 is 1.49. The predicted molar refractivity (Wildman–Crippen MR) is 47.8 cm³/mol. The van der Waals surface area contributed by atoms with Gasteiger partial charge >= 0.3 is 0 Å². The van der Waals surface area contributed by atoms with Crippen LogP contribution in [0.5, 0.6) is 0 Å². The first-order valence-corrected chi connectivity index (χ1v) is 4.16. The Morgan fingerprint density at radius 2 is 2.00 bits per heavy atom. The fourth-order valence-electron chi connectivity index (χ4n) is 0.582. The van der Waals surface area contributed by atoms with Crippen molar-refractivity contribution in [1.82, 2.24) is 10.2 Å². The maximum absolute atomic E-state index is 3.99. The number of rotatable bonds is 1. The van der Waals surface area contributed by atoms with Crippen LogP contribution < -0.4 is 0 Å². The minimum Gasteiger partial charge on any atom is -0.234 e. The van der Waals surface area contributed by atoms with Crippen LogP contribution in [-0.2, 0) is 5.41 Å². The minimum absolute atomic E-state index is 0.0700. The van der Waals surface area contributed by atoms with E-state index in [1.165, 1.54) is 11.3 Å². The third kappa shape index (κ3) is 1.83. The molecule has 3 nitrogen and oxygen atoms in total. The fraction of sp³-hybridized carbons (Fsp3) is 0.571. The molecule has 1 rings (SSSR count). The van der Waals surface area contributed by atoms with E-state index in [1.54, 1.807) is 0 Å². The molecule has 0 N–H and O–H groups in total. The van der Waals surface area contributed by atoms with Gasteiger partial charge in [0.05, 0.1) is 0 Å². The molecule has 0 radical (unpaired) electrons. The van der Waals surface area contributed by atoms with E-state index in [0.717, 1.165) is 5.01 Å². The second-order valence-corrected chi connectivity index (χ2v) is 4.25. The van der Waals surface area contributed by atoms with Crippen molar-refractivity contribution in [2.45, 2.75) is 26.2 Å². The van der Waals surface area contributed by atoms with Crippen molar-refractivity contribution in [2.24, 2.45) is 4.99 Å². The van der Waals surface area contributed by atoms with Gasteiger partial charge in [-0.05, 0) is 6.72 Å². The number of nitrogens with zero attached hydrogens (tertiary/aromatic N) is 3. The molecule has 1 heterocycles. The van der Waals surface area contributed by atoms with Crippen molar-refractivity contribution in [2.75, 3.05) is 0 Å². The molecule has 0 unspecified atom stereocenters. The Morgan fingerprint density at radius 1 is 1.36 bits per heavy atom. The van der Waals surface area contributed by atoms with Crippen LogP contribution >= 0.6 is 11.3 Å². The molecule has 0 aliphatic heterocycles. The van der Waals surface area contributed by atoms with Crippen molar-refractivity contribution >= 4 is 23.2 Å². The lowest BCUT2D eigenvalue weighted by atomic mass is 9.98. The van der Waals surface area contributed by atoms with Gasteiger partial charge in [-0.15, -0.1) is 10.2 Å². The molecular weight excluding hydrogens is 158 g/mol. The highest BCUT2D eigenvalue weighted by atomic mass is 32.1. The van der Waals surface area contributed by atoms with Crippen molar-refractivity contribution in [3.05, 3.63) is 5.01 Å². The van der Waals surface area contributed by atoms with Crippen molar-refractivity contribution < 1.29 is 0 Å². The lowest BCUT2D eigenvalue weighted by Gasteiger charge is -2.11. The van der Waals surface area contributed by atoms with E-state index in [1.807, 2.05) is 0 Å². The zero-order valence-corrected chi connectivity index (χ0v) is 7.77. The van der Waals surface area contributed by atoms with Crippen molar-refractivity contribution in [3.8, 4) is 0 Å². The second kappa shape index (κ2) is 2.70. The number of hydrogen-bond acceptors (Lipinski definition) is 4. The van der Waals surface area contributed by atoms with Crippen LogP contribution in [0, 0.1) is 0 Å². The van der Waals surface area contributed by atoms with Crippen LogP contribution in [0.15, 0.2) is 4.99 Å². The van der Waals surface area contributed by atoms with Crippen LogP contribution in [0.3, 0.4) is 0 Å². The van der Waals surface area contributed by atoms with Gasteiger partial charge in [0.25, 0.3) is 0 Å². The van der Waals surface area contributed by atoms with Crippen LogP contribution in [0.4, 0.5) is 5.13 Å². The van der Waals surface area contributed by atoms with E-state index in [0.29, 0.717) is 5.13 Å². The van der Waals surface area contributed by atoms with E-state index >= 15 is 0 Å². The van der Waals surface area contributed by atoms with Crippen molar-refractivity contribution in [3.63, 3.8) is 0 Å². The first-order valence-electron chi connectivity index (χ1n) is 3.35. The summed E-state index contributed by atoms with van der Waals surface area (Å²) in [5.74, 6) is 0. The largest absolute Gasteiger partial charge is 0.234 e. The standard InChI is InChI=1S/C7H11N3S/c1-7(2,3)5-9-10-6(8-4)11-5/h4H2,1-3H3. The summed E-state index contributed by atoms with van der Waals surface area (Å²) in [6, 6.07) is 0. The summed E-state index contributed by atoms with van der Waals surface area (Å²) < 4.78 is 0. The van der Waals surface area contributed by atoms with Gasteiger partial charge in [0.1, 0.15) is 5.01 Å². The van der Waals surface area contributed by atoms with Gasteiger partial charge in [-0.25, -0.2) is 4.99 Å². The Kier molecular flexibility index (Phi) is 2.04. The normalized spacial score (nSPS) is 11.5.